The number of amides is 1. The number of nitrogens with zero attached hydrogens (tertiary/aromatic N) is 1. The zero-order chi connectivity index (χ0) is 29.2. The van der Waals surface area contributed by atoms with E-state index in [1.54, 1.807) is 0 Å². The van der Waals surface area contributed by atoms with E-state index < -0.39 is 11.5 Å². The van der Waals surface area contributed by atoms with Gasteiger partial charge in [0.2, 0.25) is 0 Å². The van der Waals surface area contributed by atoms with Gasteiger partial charge in [-0.15, -0.1) is 0 Å². The van der Waals surface area contributed by atoms with E-state index in [0.717, 1.165) is 37.1 Å². The first-order valence-corrected chi connectivity index (χ1v) is 14.4. The van der Waals surface area contributed by atoms with Gasteiger partial charge in [-0.25, -0.2) is 0 Å². The summed E-state index contributed by atoms with van der Waals surface area (Å²) in [6.07, 6.45) is 1.73. The van der Waals surface area contributed by atoms with Crippen molar-refractivity contribution in [3.8, 4) is 0 Å². The molecular formula is C30H34BrClN4O4. The van der Waals surface area contributed by atoms with Gasteiger partial charge in [0.05, 0.1) is 15.9 Å². The summed E-state index contributed by atoms with van der Waals surface area (Å²) in [6, 6.07) is 19.7. The van der Waals surface area contributed by atoms with E-state index in [2.05, 4.69) is 31.1 Å². The number of anilines is 1. The molecule has 2 unspecified atom stereocenters. The van der Waals surface area contributed by atoms with Crippen molar-refractivity contribution < 1.29 is 14.4 Å². The van der Waals surface area contributed by atoms with E-state index in [9.17, 15) is 19.2 Å². The fraction of sp³-hybridized carbons (Fsp3) is 0.333. The Bertz CT molecular complexity index is 1360. The molecule has 2 atom stereocenters. The van der Waals surface area contributed by atoms with Crippen LogP contribution in [-0.4, -0.2) is 57.9 Å². The molecule has 8 nitrogen and oxygen atoms in total. The van der Waals surface area contributed by atoms with Gasteiger partial charge in [-0.3, -0.25) is 24.1 Å². The number of nitrogens with two attached hydrogens (primary N) is 1. The van der Waals surface area contributed by atoms with E-state index in [4.69, 9.17) is 17.3 Å². The molecule has 2 heterocycles. The monoisotopic (exact) mass is 628 g/mol. The van der Waals surface area contributed by atoms with E-state index in [-0.39, 0.29) is 44.8 Å². The Morgan fingerprint density at radius 3 is 2.05 bits per heavy atom. The molecule has 0 saturated carbocycles. The van der Waals surface area contributed by atoms with Crippen molar-refractivity contribution in [1.82, 2.24) is 15.2 Å². The maximum atomic E-state index is 12.6. The summed E-state index contributed by atoms with van der Waals surface area (Å²) in [6.45, 7) is 5.81. The first kappa shape index (κ1) is 31.3. The minimum Gasteiger partial charge on any atom is -0.384 e. The average molecular weight is 630 g/mol. The Morgan fingerprint density at radius 2 is 1.52 bits per heavy atom. The number of likely N-dealkylation sites (tertiary alicyclic amines) is 1. The third kappa shape index (κ3) is 8.61. The van der Waals surface area contributed by atoms with Gasteiger partial charge in [0, 0.05) is 17.7 Å². The number of H-pyrrole nitrogens is 1. The van der Waals surface area contributed by atoms with Gasteiger partial charge in [0.15, 0.2) is 11.6 Å². The molecule has 1 saturated heterocycles. The highest BCUT2D eigenvalue weighted by atomic mass is 79.9. The molecule has 3 aromatic rings. The third-order valence-electron chi connectivity index (χ3n) is 6.87. The third-order valence-corrected chi connectivity index (χ3v) is 7.60. The molecule has 10 heteroatoms. The molecule has 2 aromatic carbocycles. The van der Waals surface area contributed by atoms with Crippen LogP contribution in [0.25, 0.3) is 0 Å². The Kier molecular flexibility index (Phi) is 11.7. The first-order valence-electron chi connectivity index (χ1n) is 13.1. The molecule has 1 aliphatic rings. The van der Waals surface area contributed by atoms with E-state index in [1.807, 2.05) is 74.5 Å². The number of hydrogen-bond acceptors (Lipinski definition) is 6. The molecule has 0 radical (unpaired) electrons. The van der Waals surface area contributed by atoms with E-state index in [1.165, 1.54) is 6.07 Å². The van der Waals surface area contributed by atoms with Crippen molar-refractivity contribution in [2.75, 3.05) is 25.4 Å². The minimum absolute atomic E-state index is 0.0414. The van der Waals surface area contributed by atoms with Gasteiger partial charge in [-0.2, -0.15) is 0 Å². The van der Waals surface area contributed by atoms with Crippen LogP contribution in [0.5, 0.6) is 0 Å². The largest absolute Gasteiger partial charge is 0.384 e. The summed E-state index contributed by atoms with van der Waals surface area (Å²) < 4.78 is 0. The fourth-order valence-corrected chi connectivity index (χ4v) is 4.83. The first-order chi connectivity index (χ1) is 19.1. The number of benzene rings is 2. The summed E-state index contributed by atoms with van der Waals surface area (Å²) >= 11 is 9.11. The molecular weight excluding hydrogens is 596 g/mol. The van der Waals surface area contributed by atoms with Crippen molar-refractivity contribution in [3.63, 3.8) is 0 Å². The van der Waals surface area contributed by atoms with Gasteiger partial charge in [0.25, 0.3) is 11.5 Å². The lowest BCUT2D eigenvalue weighted by Crippen LogP contribution is -2.45. The number of nitrogens with one attached hydrogen (secondary N) is 2. The van der Waals surface area contributed by atoms with Crippen LogP contribution in [0, 0.1) is 5.92 Å². The average Bonchev–Trinajstić information content (AvgIpc) is 2.98. The highest BCUT2D eigenvalue weighted by molar-refractivity contribution is 9.10. The number of carbonyl (C=O) groups is 3. The molecule has 0 spiro atoms. The van der Waals surface area contributed by atoms with Gasteiger partial charge in [0.1, 0.15) is 11.4 Å². The second-order valence-electron chi connectivity index (χ2n) is 9.72. The van der Waals surface area contributed by atoms with Crippen LogP contribution in [0.1, 0.15) is 57.8 Å². The van der Waals surface area contributed by atoms with E-state index >= 15 is 0 Å². The molecule has 1 amide bonds. The van der Waals surface area contributed by atoms with Crippen molar-refractivity contribution in [1.29, 1.82) is 0 Å². The number of aromatic nitrogens is 1. The lowest BCUT2D eigenvalue weighted by Gasteiger charge is -2.35. The van der Waals surface area contributed by atoms with Crippen LogP contribution < -0.4 is 16.6 Å². The number of piperidine rings is 1. The Labute approximate surface area is 247 Å². The van der Waals surface area contributed by atoms with Crippen LogP contribution in [0.3, 0.4) is 0 Å². The Morgan fingerprint density at radius 1 is 1.00 bits per heavy atom. The zero-order valence-electron chi connectivity index (χ0n) is 22.5. The predicted molar refractivity (Wildman–Crippen MR) is 163 cm³/mol. The molecule has 40 heavy (non-hydrogen) atoms. The molecule has 212 valence electrons. The van der Waals surface area contributed by atoms with Crippen molar-refractivity contribution in [2.24, 2.45) is 5.92 Å². The molecule has 1 aromatic heterocycles. The standard InChI is InChI=1S/C21H25ClN4O3.C9H9BrO/c1-13(18(27)15-5-3-2-4-6-15)26-9-7-14(8-10-26)12-24-20(28)16-11-17(22)19(23)25-21(16)29;1-7(10)9(11)8-5-3-2-4-6-8/h2-6,11,13-14H,7-10,12H2,1H3,(H,24,28)(H3,23,25,29);2-7H,1H3. The predicted octanol–water partition coefficient (Wildman–Crippen LogP) is 4.98. The maximum Gasteiger partial charge on any atom is 0.262 e. The van der Waals surface area contributed by atoms with E-state index in [0.29, 0.717) is 6.54 Å². The second kappa shape index (κ2) is 14.9. The minimum atomic E-state index is -0.563. The van der Waals surface area contributed by atoms with Crippen molar-refractivity contribution in [2.45, 2.75) is 37.6 Å². The maximum absolute atomic E-state index is 12.6. The quantitative estimate of drug-likeness (QED) is 0.239. The van der Waals surface area contributed by atoms with Crippen LogP contribution >= 0.6 is 27.5 Å². The summed E-state index contributed by atoms with van der Waals surface area (Å²) in [5, 5.41) is 2.94. The van der Waals surface area contributed by atoms with Crippen LogP contribution in [0.15, 0.2) is 71.5 Å². The number of nitrogen functional groups attached to an aromatic ring is 1. The molecule has 0 aliphatic carbocycles. The lowest BCUT2D eigenvalue weighted by atomic mass is 9.94. The summed E-state index contributed by atoms with van der Waals surface area (Å²) in [4.78, 5) is 52.6. The van der Waals surface area contributed by atoms with Crippen LogP contribution in [-0.2, 0) is 0 Å². The number of Topliss-reactive ketones (excluding diaryl/α,β-unsaturated/α-hetero) is 2. The SMILES string of the molecule is CC(Br)C(=O)c1ccccc1.CC(C(=O)c1ccccc1)N1CCC(CNC(=O)c2cc(Cl)c(N)[nH]c2=O)CC1. The lowest BCUT2D eigenvalue weighted by molar-refractivity contribution is 0.0766. The molecule has 1 aliphatic heterocycles. The van der Waals surface area contributed by atoms with Crippen LogP contribution in [0.4, 0.5) is 5.82 Å². The number of halogens is 2. The number of ketones is 2. The van der Waals surface area contributed by atoms with Crippen LogP contribution in [0.2, 0.25) is 5.02 Å². The Hall–Kier alpha value is -3.27. The smallest absolute Gasteiger partial charge is 0.262 e. The number of aromatic amines is 1. The fourth-order valence-electron chi connectivity index (χ4n) is 4.41. The molecule has 0 bridgehead atoms. The topological polar surface area (TPSA) is 125 Å². The van der Waals surface area contributed by atoms with Crippen molar-refractivity contribution >= 4 is 50.8 Å². The number of pyridine rings is 1. The second-order valence-corrected chi connectivity index (χ2v) is 11.5. The van der Waals surface area contributed by atoms with Gasteiger partial charge >= 0.3 is 0 Å². The summed E-state index contributed by atoms with van der Waals surface area (Å²) in [5.41, 5.74) is 6.40. The van der Waals surface area contributed by atoms with Gasteiger partial charge in [-0.05, 0) is 51.8 Å². The van der Waals surface area contributed by atoms with Gasteiger partial charge in [-0.1, -0.05) is 88.2 Å². The summed E-state index contributed by atoms with van der Waals surface area (Å²) in [5.74, 6) is 0.114. The highest BCUT2D eigenvalue weighted by Gasteiger charge is 2.27. The zero-order valence-corrected chi connectivity index (χ0v) is 24.9. The number of rotatable bonds is 8. The van der Waals surface area contributed by atoms with Crippen molar-refractivity contribution in [3.05, 3.63) is 98.8 Å². The molecule has 4 rings (SSSR count). The molecule has 4 N–H and O–H groups in total. The summed E-state index contributed by atoms with van der Waals surface area (Å²) in [7, 11) is 0. The normalized spacial score (nSPS) is 15.3. The number of alkyl halides is 1. The van der Waals surface area contributed by atoms with Gasteiger partial charge < -0.3 is 16.0 Å². The Balaban J connectivity index is 0.000000336. The number of hydrogen-bond donors (Lipinski definition) is 3. The molecule has 1 fully saturated rings. The highest BCUT2D eigenvalue weighted by Crippen LogP contribution is 2.20. The number of carbonyl (C=O) groups excluding carboxylic acids is 3.